The van der Waals surface area contributed by atoms with Crippen molar-refractivity contribution < 1.29 is 44.5 Å². The average molecular weight is 297 g/mol. The molecule has 0 spiro atoms. The minimum atomic E-state index is -4.89. The number of nitrogens with zero attached hydrogens (tertiary/aromatic N) is 3. The van der Waals surface area contributed by atoms with Gasteiger partial charge in [-0.3, -0.25) is 0 Å². The van der Waals surface area contributed by atoms with E-state index in [1.165, 1.54) is 0 Å². The Labute approximate surface area is 90.2 Å². The first kappa shape index (κ1) is 21.3. The van der Waals surface area contributed by atoms with Crippen molar-refractivity contribution in [3.8, 4) is 0 Å². The molecule has 108 valence electrons. The number of nitroso groups, excluding NO2 is 2. The fourth-order valence-corrected chi connectivity index (χ4v) is 0. The largest absolute Gasteiger partial charge is 0.538 e. The second kappa shape index (κ2) is 9.11. The summed E-state index contributed by atoms with van der Waals surface area (Å²) in [5.41, 5.74) is 0. The molecule has 0 unspecified atom stereocenters. The van der Waals surface area contributed by atoms with E-state index in [0.717, 1.165) is 10.4 Å². The number of halogens is 9. The van der Waals surface area contributed by atoms with Crippen LogP contribution in [-0.2, 0) is 0 Å². The van der Waals surface area contributed by atoms with E-state index in [1.54, 1.807) is 0 Å². The van der Waals surface area contributed by atoms with Gasteiger partial charge in [-0.1, -0.05) is 8.96 Å². The highest BCUT2D eigenvalue weighted by molar-refractivity contribution is 5.62. The molecule has 0 rings (SSSR count). The van der Waals surface area contributed by atoms with Crippen LogP contribution in [0.1, 0.15) is 0 Å². The van der Waals surface area contributed by atoms with Gasteiger partial charge >= 0.3 is 18.8 Å². The molecular weight excluding hydrogens is 297 g/mol. The molecule has 0 aliphatic rings. The number of hydrogen-bond donors (Lipinski definition) is 0. The van der Waals surface area contributed by atoms with E-state index in [0.29, 0.717) is 0 Å². The average Bonchev–Trinajstić information content (AvgIpc) is 2.17. The van der Waals surface area contributed by atoms with Crippen molar-refractivity contribution in [1.82, 2.24) is 5.34 Å². The van der Waals surface area contributed by atoms with Gasteiger partial charge in [0.2, 0.25) is 0 Å². The number of carbonyl (C=O) groups is 1. The van der Waals surface area contributed by atoms with E-state index in [4.69, 9.17) is 14.6 Å². The third-order valence-electron chi connectivity index (χ3n) is 0.340. The number of carbonyl (C=O) groups excluding carboxylic acids is 1. The molecule has 0 radical (unpaired) electrons. The smallest absolute Gasteiger partial charge is 0.229 e. The first-order chi connectivity index (χ1) is 7.76. The molecule has 0 heterocycles. The zero-order valence-corrected chi connectivity index (χ0v) is 7.47. The second-order valence-corrected chi connectivity index (χ2v) is 1.60. The predicted octanol–water partition coefficient (Wildman–Crippen LogP) is 3.69. The Morgan fingerprint density at radius 3 is 0.944 bits per heavy atom. The lowest BCUT2D eigenvalue weighted by atomic mass is 11.2. The van der Waals surface area contributed by atoms with Crippen LogP contribution in [0.3, 0.4) is 0 Å². The van der Waals surface area contributed by atoms with E-state index in [2.05, 4.69) is 0 Å². The van der Waals surface area contributed by atoms with Crippen LogP contribution < -0.4 is 0 Å². The molecular formula is C3F9N3O3. The molecule has 0 aliphatic carbocycles. The summed E-state index contributed by atoms with van der Waals surface area (Å²) in [4.78, 5) is 25.6. The summed E-state index contributed by atoms with van der Waals surface area (Å²) in [6.07, 6.45) is -12.5. The van der Waals surface area contributed by atoms with Crippen LogP contribution in [0.4, 0.5) is 44.5 Å². The zero-order valence-electron chi connectivity index (χ0n) is 7.47. The van der Waals surface area contributed by atoms with Gasteiger partial charge < -0.3 is 0 Å². The first-order valence-corrected chi connectivity index (χ1v) is 2.90. The van der Waals surface area contributed by atoms with Crippen molar-refractivity contribution in [2.45, 2.75) is 12.6 Å². The molecule has 18 heavy (non-hydrogen) atoms. The third-order valence-corrected chi connectivity index (χ3v) is 0.340. The van der Waals surface area contributed by atoms with Gasteiger partial charge in [0.15, 0.2) is 0 Å². The summed E-state index contributed by atoms with van der Waals surface area (Å²) in [5, 5.41) is -0.597. The minimum absolute atomic E-state index is 0.771. The van der Waals surface area contributed by atoms with Crippen molar-refractivity contribution in [2.75, 3.05) is 0 Å². The second-order valence-electron chi connectivity index (χ2n) is 1.60. The summed E-state index contributed by atoms with van der Waals surface area (Å²) in [6.45, 7) is 0. The van der Waals surface area contributed by atoms with Gasteiger partial charge in [-0.05, 0) is 0 Å². The normalized spacial score (nSPS) is 10.1. The van der Waals surface area contributed by atoms with E-state index < -0.39 is 24.1 Å². The molecule has 1 amide bonds. The third kappa shape index (κ3) is 36.9. The van der Waals surface area contributed by atoms with Crippen molar-refractivity contribution in [3.63, 3.8) is 0 Å². The molecule has 0 bridgehead atoms. The SMILES string of the molecule is O=C(F)N(F)F.O=NC(F)(F)F.O=NC(F)(F)F. The highest BCUT2D eigenvalue weighted by Gasteiger charge is 2.28. The van der Waals surface area contributed by atoms with Gasteiger partial charge in [0.1, 0.15) is 0 Å². The highest BCUT2D eigenvalue weighted by Crippen LogP contribution is 2.14. The quantitative estimate of drug-likeness (QED) is 0.225. The standard InChI is InChI=1S/3CF3NO/c2-1(6)5(3)4;2*2-1(3,4)5-6. The Bertz CT molecular complexity index is 242. The van der Waals surface area contributed by atoms with Crippen LogP contribution in [0.5, 0.6) is 0 Å². The van der Waals surface area contributed by atoms with E-state index in [1.807, 2.05) is 0 Å². The molecule has 0 aromatic rings. The van der Waals surface area contributed by atoms with Gasteiger partial charge in [-0.25, -0.2) is 4.79 Å². The maximum absolute atomic E-state index is 10.4. The molecule has 0 saturated carbocycles. The summed E-state index contributed by atoms with van der Waals surface area (Å²) in [6, 6.07) is 0. The van der Waals surface area contributed by atoms with Crippen LogP contribution in [0.2, 0.25) is 0 Å². The Hall–Kier alpha value is -1.96. The van der Waals surface area contributed by atoms with Gasteiger partial charge in [0, 0.05) is 15.7 Å². The van der Waals surface area contributed by atoms with Crippen LogP contribution in [-0.4, -0.2) is 24.1 Å². The van der Waals surface area contributed by atoms with Crippen molar-refractivity contribution >= 4 is 6.16 Å². The number of alkyl halides is 6. The lowest BCUT2D eigenvalue weighted by Crippen LogP contribution is -2.02. The van der Waals surface area contributed by atoms with Crippen LogP contribution >= 0.6 is 0 Å². The Morgan fingerprint density at radius 1 is 0.833 bits per heavy atom. The molecule has 0 aromatic heterocycles. The molecule has 0 N–H and O–H groups in total. The lowest BCUT2D eigenvalue weighted by molar-refractivity contribution is -0.122. The number of rotatable bonds is 0. The summed E-state index contributed by atoms with van der Waals surface area (Å²) in [5.74, 6) is 0. The van der Waals surface area contributed by atoms with Crippen molar-refractivity contribution in [3.05, 3.63) is 9.81 Å². The topological polar surface area (TPSA) is 79.2 Å². The minimum Gasteiger partial charge on any atom is -0.229 e. The Kier molecular flexibility index (Phi) is 10.8. The zero-order chi connectivity index (χ0) is 15.6. The van der Waals surface area contributed by atoms with Gasteiger partial charge in [-0.15, -0.1) is 40.5 Å². The molecule has 0 fully saturated rings. The maximum Gasteiger partial charge on any atom is 0.538 e. The maximum atomic E-state index is 10.4. The fourth-order valence-electron chi connectivity index (χ4n) is 0. The number of amides is 1. The Morgan fingerprint density at radius 2 is 0.944 bits per heavy atom. The molecule has 0 atom stereocenters. The highest BCUT2D eigenvalue weighted by atomic mass is 19.4. The van der Waals surface area contributed by atoms with Crippen LogP contribution in [0.15, 0.2) is 10.4 Å². The monoisotopic (exact) mass is 297 g/mol. The fraction of sp³-hybridized carbons (Fsp3) is 0.667. The summed E-state index contributed by atoms with van der Waals surface area (Å²) >= 11 is 0. The molecule has 0 aliphatic heterocycles. The van der Waals surface area contributed by atoms with E-state index in [9.17, 15) is 39.7 Å². The predicted molar refractivity (Wildman–Crippen MR) is 34.3 cm³/mol. The summed E-state index contributed by atoms with van der Waals surface area (Å²) < 4.78 is 92.7. The molecule has 0 saturated heterocycles. The van der Waals surface area contributed by atoms with Gasteiger partial charge in [0.25, 0.3) is 0 Å². The number of hydrogen-bond acceptors (Lipinski definition) is 5. The van der Waals surface area contributed by atoms with E-state index >= 15 is 0 Å². The molecule has 15 heteroatoms. The van der Waals surface area contributed by atoms with Crippen molar-refractivity contribution in [2.24, 2.45) is 10.4 Å². The first-order valence-electron chi connectivity index (χ1n) is 2.90. The van der Waals surface area contributed by atoms with Crippen LogP contribution in [0.25, 0.3) is 0 Å². The van der Waals surface area contributed by atoms with Crippen molar-refractivity contribution in [1.29, 1.82) is 0 Å². The summed E-state index contributed by atoms with van der Waals surface area (Å²) in [7, 11) is 0. The van der Waals surface area contributed by atoms with Gasteiger partial charge in [0.05, 0.1) is 0 Å². The van der Waals surface area contributed by atoms with Crippen LogP contribution in [0, 0.1) is 9.81 Å². The Balaban J connectivity index is -0.000000187. The van der Waals surface area contributed by atoms with E-state index in [-0.39, 0.29) is 0 Å². The lowest BCUT2D eigenvalue weighted by Gasteiger charge is -1.85. The molecule has 6 nitrogen and oxygen atoms in total. The molecule has 0 aromatic carbocycles. The van der Waals surface area contributed by atoms with Gasteiger partial charge in [-0.2, -0.15) is 0 Å².